The van der Waals surface area contributed by atoms with Crippen molar-refractivity contribution in [3.05, 3.63) is 30.1 Å². The van der Waals surface area contributed by atoms with Gasteiger partial charge in [-0.25, -0.2) is 4.98 Å². The number of pyridine rings is 1. The highest BCUT2D eigenvalue weighted by Crippen LogP contribution is 2.31. The highest BCUT2D eigenvalue weighted by Gasteiger charge is 2.35. The summed E-state index contributed by atoms with van der Waals surface area (Å²) >= 11 is 0. The highest BCUT2D eigenvalue weighted by molar-refractivity contribution is 5.83. The Hall–Kier alpha value is -1.88. The second-order valence-electron chi connectivity index (χ2n) is 6.15. The van der Waals surface area contributed by atoms with E-state index < -0.39 is 0 Å². The maximum absolute atomic E-state index is 11.6. The Labute approximate surface area is 124 Å². The first-order chi connectivity index (χ1) is 10.3. The van der Waals surface area contributed by atoms with Gasteiger partial charge in [0, 0.05) is 31.4 Å². The molecule has 5 nitrogen and oxygen atoms in total. The van der Waals surface area contributed by atoms with Crippen molar-refractivity contribution in [1.29, 1.82) is 0 Å². The van der Waals surface area contributed by atoms with Gasteiger partial charge in [0.2, 0.25) is 0 Å². The summed E-state index contributed by atoms with van der Waals surface area (Å²) in [7, 11) is 2.23. The Bertz CT molecular complexity index is 680. The molecule has 2 bridgehead atoms. The van der Waals surface area contributed by atoms with E-state index in [9.17, 15) is 4.79 Å². The third-order valence-corrected chi connectivity index (χ3v) is 5.11. The van der Waals surface area contributed by atoms with Crippen LogP contribution in [0.2, 0.25) is 0 Å². The summed E-state index contributed by atoms with van der Waals surface area (Å²) in [6.07, 6.45) is 6.55. The van der Waals surface area contributed by atoms with Gasteiger partial charge in [0.1, 0.15) is 11.3 Å². The molecule has 21 heavy (non-hydrogen) atoms. The van der Waals surface area contributed by atoms with Crippen LogP contribution in [0.3, 0.4) is 0 Å². The highest BCUT2D eigenvalue weighted by atomic mass is 16.1. The zero-order valence-electron chi connectivity index (χ0n) is 12.3. The molecule has 2 fully saturated rings. The molecule has 0 spiro atoms. The number of imidazole rings is 1. The van der Waals surface area contributed by atoms with Crippen LogP contribution < -0.4 is 4.90 Å². The van der Waals surface area contributed by atoms with E-state index in [4.69, 9.17) is 4.98 Å². The van der Waals surface area contributed by atoms with Crippen LogP contribution in [0.25, 0.3) is 5.65 Å². The number of rotatable bonds is 2. The van der Waals surface area contributed by atoms with Crippen LogP contribution in [0.5, 0.6) is 0 Å². The molecule has 4 rings (SSSR count). The lowest BCUT2D eigenvalue weighted by molar-refractivity contribution is 0.111. The molecule has 0 aliphatic carbocycles. The molecule has 4 heterocycles. The average molecular weight is 284 g/mol. The van der Waals surface area contributed by atoms with E-state index in [2.05, 4.69) is 16.8 Å². The summed E-state index contributed by atoms with van der Waals surface area (Å²) < 4.78 is 1.88. The predicted octanol–water partition coefficient (Wildman–Crippen LogP) is 1.82. The Balaban J connectivity index is 1.74. The van der Waals surface area contributed by atoms with Crippen LogP contribution in [0, 0.1) is 0 Å². The van der Waals surface area contributed by atoms with Gasteiger partial charge >= 0.3 is 0 Å². The van der Waals surface area contributed by atoms with Crippen molar-refractivity contribution in [2.75, 3.05) is 25.0 Å². The fourth-order valence-electron chi connectivity index (χ4n) is 3.85. The quantitative estimate of drug-likeness (QED) is 0.789. The summed E-state index contributed by atoms with van der Waals surface area (Å²) in [4.78, 5) is 21.1. The summed E-state index contributed by atoms with van der Waals surface area (Å²) in [5.41, 5.74) is 1.52. The van der Waals surface area contributed by atoms with E-state index in [0.717, 1.165) is 37.3 Å². The second-order valence-corrected chi connectivity index (χ2v) is 6.15. The number of hydrogen-bond acceptors (Lipinski definition) is 4. The van der Waals surface area contributed by atoms with Gasteiger partial charge in [0.05, 0.1) is 0 Å². The molecular formula is C16H20N4O. The van der Waals surface area contributed by atoms with Gasteiger partial charge in [-0.2, -0.15) is 0 Å². The van der Waals surface area contributed by atoms with Crippen LogP contribution >= 0.6 is 0 Å². The van der Waals surface area contributed by atoms with Crippen LogP contribution in [-0.2, 0) is 0 Å². The fraction of sp³-hybridized carbons (Fsp3) is 0.500. The first kappa shape index (κ1) is 12.8. The van der Waals surface area contributed by atoms with Crippen LogP contribution in [0.15, 0.2) is 24.4 Å². The van der Waals surface area contributed by atoms with Crippen molar-refractivity contribution in [3.8, 4) is 0 Å². The van der Waals surface area contributed by atoms with Crippen molar-refractivity contribution >= 4 is 17.8 Å². The smallest absolute Gasteiger partial charge is 0.170 e. The number of carbonyl (C=O) groups excluding carboxylic acids is 1. The van der Waals surface area contributed by atoms with Crippen LogP contribution in [0.1, 0.15) is 29.8 Å². The first-order valence-corrected chi connectivity index (χ1v) is 7.67. The van der Waals surface area contributed by atoms with E-state index in [-0.39, 0.29) is 0 Å². The molecule has 0 aromatic carbocycles. The van der Waals surface area contributed by atoms with E-state index >= 15 is 0 Å². The number of aromatic nitrogens is 2. The van der Waals surface area contributed by atoms with Gasteiger partial charge in [-0.05, 0) is 38.4 Å². The third kappa shape index (κ3) is 1.95. The Morgan fingerprint density at radius 3 is 2.95 bits per heavy atom. The molecule has 2 aromatic rings. The van der Waals surface area contributed by atoms with Crippen molar-refractivity contribution < 1.29 is 4.79 Å². The molecular weight excluding hydrogens is 264 g/mol. The molecule has 2 aromatic heterocycles. The molecule has 0 saturated carbocycles. The number of likely N-dealkylation sites (N-methyl/N-ethyl adjacent to an activating group) is 1. The van der Waals surface area contributed by atoms with E-state index in [0.29, 0.717) is 17.8 Å². The normalized spacial score (nSPS) is 26.2. The predicted molar refractivity (Wildman–Crippen MR) is 82.0 cm³/mol. The molecule has 2 unspecified atom stereocenters. The lowest BCUT2D eigenvalue weighted by Crippen LogP contribution is -2.37. The van der Waals surface area contributed by atoms with Gasteiger partial charge in [0.25, 0.3) is 0 Å². The summed E-state index contributed by atoms with van der Waals surface area (Å²) in [6.45, 7) is 1.95. The average Bonchev–Trinajstić information content (AvgIpc) is 2.97. The molecule has 2 atom stereocenters. The molecule has 110 valence electrons. The maximum Gasteiger partial charge on any atom is 0.170 e. The Morgan fingerprint density at radius 1 is 1.24 bits per heavy atom. The van der Waals surface area contributed by atoms with E-state index in [1.807, 2.05) is 28.8 Å². The molecule has 5 heteroatoms. The standard InChI is InChI=1S/C16H20N4O/c1-18-12-5-6-13(18)10-19(9-7-12)16-14(11-21)20-8-3-2-4-15(20)17-16/h2-4,8,11-13H,5-7,9-10H2,1H3. The minimum atomic E-state index is 0.585. The van der Waals surface area contributed by atoms with Crippen molar-refractivity contribution in [3.63, 3.8) is 0 Å². The molecule has 2 saturated heterocycles. The van der Waals surface area contributed by atoms with E-state index in [1.165, 1.54) is 12.8 Å². The number of anilines is 1. The van der Waals surface area contributed by atoms with E-state index in [1.54, 1.807) is 0 Å². The van der Waals surface area contributed by atoms with Crippen molar-refractivity contribution in [1.82, 2.24) is 14.3 Å². The number of fused-ring (bicyclic) bond motifs is 3. The zero-order chi connectivity index (χ0) is 14.4. The maximum atomic E-state index is 11.6. The second kappa shape index (κ2) is 4.84. The monoisotopic (exact) mass is 284 g/mol. The van der Waals surface area contributed by atoms with Gasteiger partial charge in [-0.3, -0.25) is 14.1 Å². The summed E-state index contributed by atoms with van der Waals surface area (Å²) in [5, 5.41) is 0. The topological polar surface area (TPSA) is 40.9 Å². The number of carbonyl (C=O) groups is 1. The number of hydrogen-bond donors (Lipinski definition) is 0. The molecule has 2 aliphatic heterocycles. The van der Waals surface area contributed by atoms with Crippen molar-refractivity contribution in [2.45, 2.75) is 31.3 Å². The summed E-state index contributed by atoms with van der Waals surface area (Å²) in [6, 6.07) is 7.12. The Kier molecular flexibility index (Phi) is 2.96. The molecule has 0 amide bonds. The first-order valence-electron chi connectivity index (χ1n) is 7.67. The SMILES string of the molecule is CN1C2CCC1CN(c1nc3ccccn3c1C=O)CC2. The van der Waals surface area contributed by atoms with Crippen molar-refractivity contribution in [2.24, 2.45) is 0 Å². The Morgan fingerprint density at radius 2 is 2.10 bits per heavy atom. The largest absolute Gasteiger partial charge is 0.353 e. The van der Waals surface area contributed by atoms with Crippen LogP contribution in [0.4, 0.5) is 5.82 Å². The minimum absolute atomic E-state index is 0.585. The molecule has 2 aliphatic rings. The van der Waals surface area contributed by atoms with Gasteiger partial charge in [-0.1, -0.05) is 6.07 Å². The van der Waals surface area contributed by atoms with Crippen LogP contribution in [-0.4, -0.2) is 52.8 Å². The minimum Gasteiger partial charge on any atom is -0.353 e. The zero-order valence-corrected chi connectivity index (χ0v) is 12.3. The lowest BCUT2D eigenvalue weighted by Gasteiger charge is -2.26. The fourth-order valence-corrected chi connectivity index (χ4v) is 3.85. The number of nitrogens with zero attached hydrogens (tertiary/aromatic N) is 4. The van der Waals surface area contributed by atoms with Gasteiger partial charge < -0.3 is 4.90 Å². The summed E-state index contributed by atoms with van der Waals surface area (Å²) in [5.74, 6) is 0.845. The lowest BCUT2D eigenvalue weighted by atomic mass is 10.1. The third-order valence-electron chi connectivity index (χ3n) is 5.11. The van der Waals surface area contributed by atoms with Gasteiger partial charge in [0.15, 0.2) is 12.1 Å². The van der Waals surface area contributed by atoms with Gasteiger partial charge in [-0.15, -0.1) is 0 Å². The molecule has 0 N–H and O–H groups in total. The molecule has 0 radical (unpaired) electrons. The number of aldehydes is 1.